The van der Waals surface area contributed by atoms with Gasteiger partial charge in [0, 0.05) is 13.1 Å². The van der Waals surface area contributed by atoms with Gasteiger partial charge in [-0.25, -0.2) is 0 Å². The molecule has 2 aliphatic heterocycles. The van der Waals surface area contributed by atoms with Crippen LogP contribution in [0.3, 0.4) is 0 Å². The zero-order valence-electron chi connectivity index (χ0n) is 8.93. The lowest BCUT2D eigenvalue weighted by Crippen LogP contribution is -2.67. The predicted octanol–water partition coefficient (Wildman–Crippen LogP) is -0.761. The first kappa shape index (κ1) is 12.2. The van der Waals surface area contributed by atoms with E-state index in [1.165, 1.54) is 0 Å². The minimum absolute atomic E-state index is 0.0701. The van der Waals surface area contributed by atoms with Gasteiger partial charge in [-0.15, -0.1) is 0 Å². The Hall–Kier alpha value is -1.31. The van der Waals surface area contributed by atoms with E-state index in [0.717, 1.165) is 0 Å². The molecule has 0 aromatic carbocycles. The molecule has 2 amide bonds. The molecule has 0 radical (unpaired) electrons. The summed E-state index contributed by atoms with van der Waals surface area (Å²) in [5, 5.41) is 5.43. The summed E-state index contributed by atoms with van der Waals surface area (Å²) >= 11 is 0. The Morgan fingerprint density at radius 2 is 2.06 bits per heavy atom. The largest absolute Gasteiger partial charge is 0.471 e. The number of rotatable bonds is 0. The highest BCUT2D eigenvalue weighted by molar-refractivity contribution is 5.89. The number of carbonyl (C=O) groups is 2. The van der Waals surface area contributed by atoms with Crippen LogP contribution in [-0.4, -0.2) is 54.6 Å². The second-order valence-corrected chi connectivity index (χ2v) is 4.32. The van der Waals surface area contributed by atoms with Crippen LogP contribution in [0, 0.1) is 0 Å². The average molecular weight is 251 g/mol. The maximum atomic E-state index is 12.5. The van der Waals surface area contributed by atoms with Gasteiger partial charge in [-0.2, -0.15) is 13.2 Å². The fourth-order valence-electron chi connectivity index (χ4n) is 2.28. The highest BCUT2D eigenvalue weighted by atomic mass is 19.4. The van der Waals surface area contributed by atoms with Crippen LogP contribution in [0.4, 0.5) is 13.2 Å². The van der Waals surface area contributed by atoms with Crippen molar-refractivity contribution in [2.75, 3.05) is 26.2 Å². The highest BCUT2D eigenvalue weighted by Crippen LogP contribution is 2.30. The first-order valence-electron chi connectivity index (χ1n) is 5.21. The van der Waals surface area contributed by atoms with Crippen molar-refractivity contribution in [1.82, 2.24) is 15.5 Å². The van der Waals surface area contributed by atoms with Gasteiger partial charge in [0.15, 0.2) is 0 Å². The molecule has 1 unspecified atom stereocenters. The van der Waals surface area contributed by atoms with E-state index in [-0.39, 0.29) is 13.1 Å². The van der Waals surface area contributed by atoms with E-state index in [9.17, 15) is 22.8 Å². The number of alkyl halides is 3. The Labute approximate surface area is 95.3 Å². The molecule has 96 valence electrons. The van der Waals surface area contributed by atoms with Crippen LogP contribution in [0.1, 0.15) is 6.42 Å². The van der Waals surface area contributed by atoms with E-state index in [2.05, 4.69) is 10.6 Å². The van der Waals surface area contributed by atoms with Gasteiger partial charge in [0.2, 0.25) is 5.91 Å². The Balaban J connectivity index is 2.26. The van der Waals surface area contributed by atoms with Gasteiger partial charge in [-0.05, 0) is 13.0 Å². The number of hydrogen-bond acceptors (Lipinski definition) is 3. The molecule has 1 spiro atoms. The lowest BCUT2D eigenvalue weighted by Gasteiger charge is -2.44. The molecule has 2 fully saturated rings. The van der Waals surface area contributed by atoms with E-state index in [1.54, 1.807) is 0 Å². The van der Waals surface area contributed by atoms with Gasteiger partial charge in [0.05, 0.1) is 5.54 Å². The molecule has 2 saturated heterocycles. The Morgan fingerprint density at radius 3 is 2.59 bits per heavy atom. The summed E-state index contributed by atoms with van der Waals surface area (Å²) in [5.74, 6) is -2.49. The minimum Gasteiger partial charge on any atom is -0.352 e. The molecule has 1 atom stereocenters. The Bertz CT molecular complexity index is 350. The number of nitrogens with one attached hydrogen (secondary N) is 2. The predicted molar refractivity (Wildman–Crippen MR) is 51.0 cm³/mol. The number of nitrogens with zero attached hydrogens (tertiary/aromatic N) is 1. The zero-order chi connectivity index (χ0) is 12.7. The van der Waals surface area contributed by atoms with Crippen LogP contribution in [0.25, 0.3) is 0 Å². The molecule has 2 N–H and O–H groups in total. The summed E-state index contributed by atoms with van der Waals surface area (Å²) in [5.41, 5.74) is -0.930. The molecule has 0 aromatic heterocycles. The summed E-state index contributed by atoms with van der Waals surface area (Å²) in [6, 6.07) is 0. The molecule has 2 heterocycles. The Kier molecular flexibility index (Phi) is 2.76. The molecule has 17 heavy (non-hydrogen) atoms. The van der Waals surface area contributed by atoms with Crippen LogP contribution in [0.2, 0.25) is 0 Å². The maximum Gasteiger partial charge on any atom is 0.471 e. The van der Waals surface area contributed by atoms with Gasteiger partial charge in [-0.3, -0.25) is 9.59 Å². The molecule has 0 aliphatic carbocycles. The van der Waals surface area contributed by atoms with Crippen molar-refractivity contribution in [2.24, 2.45) is 0 Å². The van der Waals surface area contributed by atoms with Gasteiger partial charge in [-0.1, -0.05) is 0 Å². The van der Waals surface area contributed by atoms with Gasteiger partial charge in [0.25, 0.3) is 0 Å². The summed E-state index contributed by atoms with van der Waals surface area (Å²) in [7, 11) is 0. The molecule has 8 heteroatoms. The van der Waals surface area contributed by atoms with Crippen molar-refractivity contribution in [3.63, 3.8) is 0 Å². The second-order valence-electron chi connectivity index (χ2n) is 4.32. The fraction of sp³-hybridized carbons (Fsp3) is 0.778. The first-order valence-corrected chi connectivity index (χ1v) is 5.21. The zero-order valence-corrected chi connectivity index (χ0v) is 8.93. The van der Waals surface area contributed by atoms with Gasteiger partial charge < -0.3 is 15.5 Å². The van der Waals surface area contributed by atoms with Crippen molar-refractivity contribution in [3.8, 4) is 0 Å². The summed E-state index contributed by atoms with van der Waals surface area (Å²) in [6.45, 7) is 0.354. The monoisotopic (exact) mass is 251 g/mol. The summed E-state index contributed by atoms with van der Waals surface area (Å²) in [4.78, 5) is 23.1. The van der Waals surface area contributed by atoms with Crippen molar-refractivity contribution < 1.29 is 22.8 Å². The molecule has 0 aromatic rings. The Morgan fingerprint density at radius 1 is 1.35 bits per heavy atom. The number of piperazine rings is 1. The first-order chi connectivity index (χ1) is 7.85. The quantitative estimate of drug-likeness (QED) is 0.595. The molecule has 0 bridgehead atoms. The molecule has 2 rings (SSSR count). The molecular formula is C9H12F3N3O2. The molecule has 5 nitrogen and oxygen atoms in total. The molecule has 0 saturated carbocycles. The van der Waals surface area contributed by atoms with Crippen molar-refractivity contribution in [2.45, 2.75) is 18.1 Å². The molecular weight excluding hydrogens is 239 g/mol. The van der Waals surface area contributed by atoms with E-state index in [1.807, 2.05) is 0 Å². The summed E-state index contributed by atoms with van der Waals surface area (Å²) < 4.78 is 37.4. The molecule has 2 aliphatic rings. The summed E-state index contributed by atoms with van der Waals surface area (Å²) in [6.07, 6.45) is -4.53. The smallest absolute Gasteiger partial charge is 0.352 e. The van der Waals surface area contributed by atoms with Crippen LogP contribution in [0.15, 0.2) is 0 Å². The average Bonchev–Trinajstić information content (AvgIpc) is 2.69. The lowest BCUT2D eigenvalue weighted by atomic mass is 9.93. The standard InChI is InChI=1S/C9H12F3N3O2/c10-9(11,12)7(17)15-3-6(16)14-5-8(15)1-2-13-4-8/h13H,1-5H2,(H,14,16). The van der Waals surface area contributed by atoms with E-state index in [4.69, 9.17) is 0 Å². The van der Waals surface area contributed by atoms with Crippen molar-refractivity contribution >= 4 is 11.8 Å². The number of hydrogen-bond donors (Lipinski definition) is 2. The second kappa shape index (κ2) is 3.86. The third-order valence-corrected chi connectivity index (χ3v) is 3.20. The highest BCUT2D eigenvalue weighted by Gasteiger charge is 2.53. The normalized spacial score (nSPS) is 29.6. The number of amides is 2. The number of carbonyl (C=O) groups excluding carboxylic acids is 2. The van der Waals surface area contributed by atoms with Crippen LogP contribution < -0.4 is 10.6 Å². The van der Waals surface area contributed by atoms with E-state index in [0.29, 0.717) is 17.9 Å². The van der Waals surface area contributed by atoms with E-state index >= 15 is 0 Å². The van der Waals surface area contributed by atoms with Crippen molar-refractivity contribution in [3.05, 3.63) is 0 Å². The topological polar surface area (TPSA) is 61.4 Å². The van der Waals surface area contributed by atoms with Crippen molar-refractivity contribution in [1.29, 1.82) is 0 Å². The van der Waals surface area contributed by atoms with Crippen LogP contribution in [0.5, 0.6) is 0 Å². The van der Waals surface area contributed by atoms with Crippen LogP contribution >= 0.6 is 0 Å². The fourth-order valence-corrected chi connectivity index (χ4v) is 2.28. The van der Waals surface area contributed by atoms with Gasteiger partial charge >= 0.3 is 12.1 Å². The SMILES string of the molecule is O=C1CN(C(=O)C(F)(F)F)C2(CCNC2)CN1. The van der Waals surface area contributed by atoms with E-state index < -0.39 is 30.1 Å². The lowest BCUT2D eigenvalue weighted by molar-refractivity contribution is -0.193. The van der Waals surface area contributed by atoms with Crippen LogP contribution in [-0.2, 0) is 9.59 Å². The third-order valence-electron chi connectivity index (χ3n) is 3.20. The minimum atomic E-state index is -4.94. The third kappa shape index (κ3) is 2.08. The maximum absolute atomic E-state index is 12.5. The number of halogens is 3. The van der Waals surface area contributed by atoms with Gasteiger partial charge in [0.1, 0.15) is 6.54 Å².